The lowest BCUT2D eigenvalue weighted by Gasteiger charge is -2.31. The minimum atomic E-state index is -0.362. The number of fused-ring (bicyclic) bond motifs is 1. The molecule has 1 aliphatic carbocycles. The van der Waals surface area contributed by atoms with Gasteiger partial charge in [-0.3, -0.25) is 0 Å². The SMILES string of the molecule is CC(=Cc1ccccc1)c1ccc2c(c1)C(C)(C)C(O)C2(C)C. The minimum Gasteiger partial charge on any atom is -0.391 e. The van der Waals surface area contributed by atoms with Crippen LogP contribution in [0.4, 0.5) is 0 Å². The Morgan fingerprint density at radius 3 is 2.17 bits per heavy atom. The Morgan fingerprint density at radius 1 is 0.913 bits per heavy atom. The van der Waals surface area contributed by atoms with Crippen molar-refractivity contribution in [2.75, 3.05) is 0 Å². The minimum absolute atomic E-state index is 0.200. The van der Waals surface area contributed by atoms with E-state index in [4.69, 9.17) is 0 Å². The Balaban J connectivity index is 2.06. The zero-order chi connectivity index (χ0) is 16.8. The van der Waals surface area contributed by atoms with Crippen LogP contribution in [-0.4, -0.2) is 11.2 Å². The summed E-state index contributed by atoms with van der Waals surface area (Å²) < 4.78 is 0. The van der Waals surface area contributed by atoms with Crippen LogP contribution >= 0.6 is 0 Å². The van der Waals surface area contributed by atoms with Crippen molar-refractivity contribution in [1.82, 2.24) is 0 Å². The number of hydrogen-bond acceptors (Lipinski definition) is 1. The molecule has 0 aromatic heterocycles. The smallest absolute Gasteiger partial charge is 0.0722 e. The third-order valence-electron chi connectivity index (χ3n) is 5.41. The molecule has 1 aliphatic rings. The molecule has 23 heavy (non-hydrogen) atoms. The third kappa shape index (κ3) is 2.53. The lowest BCUT2D eigenvalue weighted by Crippen LogP contribution is -2.39. The molecule has 0 saturated carbocycles. The number of hydrogen-bond donors (Lipinski definition) is 1. The highest BCUT2D eigenvalue weighted by molar-refractivity contribution is 5.80. The molecule has 0 bridgehead atoms. The fourth-order valence-electron chi connectivity index (χ4n) is 3.96. The average molecular weight is 306 g/mol. The van der Waals surface area contributed by atoms with E-state index in [0.717, 1.165) is 0 Å². The maximum Gasteiger partial charge on any atom is 0.0722 e. The predicted octanol–water partition coefficient (Wildman–Crippen LogP) is 5.18. The lowest BCUT2D eigenvalue weighted by atomic mass is 9.78. The molecule has 1 nitrogen and oxygen atoms in total. The van der Waals surface area contributed by atoms with Gasteiger partial charge in [-0.05, 0) is 34.8 Å². The standard InChI is InChI=1S/C22H26O/c1-15(13-16-9-7-6-8-10-16)17-11-12-18-19(14-17)22(4,5)20(23)21(18,2)3/h6-14,20,23H,1-5H3. The van der Waals surface area contributed by atoms with Gasteiger partial charge in [0.05, 0.1) is 6.10 Å². The van der Waals surface area contributed by atoms with Crippen LogP contribution in [0.25, 0.3) is 11.6 Å². The van der Waals surface area contributed by atoms with Gasteiger partial charge in [-0.25, -0.2) is 0 Å². The maximum atomic E-state index is 10.8. The van der Waals surface area contributed by atoms with Gasteiger partial charge in [-0.1, -0.05) is 82.3 Å². The molecule has 1 N–H and O–H groups in total. The molecule has 0 saturated heterocycles. The zero-order valence-corrected chi connectivity index (χ0v) is 14.7. The molecule has 1 heteroatoms. The van der Waals surface area contributed by atoms with E-state index in [9.17, 15) is 5.11 Å². The van der Waals surface area contributed by atoms with Gasteiger partial charge in [0, 0.05) is 10.8 Å². The summed E-state index contributed by atoms with van der Waals surface area (Å²) >= 11 is 0. The molecule has 1 unspecified atom stereocenters. The molecule has 120 valence electrons. The monoisotopic (exact) mass is 306 g/mol. The lowest BCUT2D eigenvalue weighted by molar-refractivity contribution is 0.0566. The van der Waals surface area contributed by atoms with Crippen LogP contribution in [0.2, 0.25) is 0 Å². The van der Waals surface area contributed by atoms with E-state index in [0.29, 0.717) is 0 Å². The first-order valence-corrected chi connectivity index (χ1v) is 8.31. The van der Waals surface area contributed by atoms with Gasteiger partial charge in [0.25, 0.3) is 0 Å². The molecule has 0 fully saturated rings. The van der Waals surface area contributed by atoms with E-state index >= 15 is 0 Å². The Kier molecular flexibility index (Phi) is 3.72. The van der Waals surface area contributed by atoms with Gasteiger partial charge in [-0.2, -0.15) is 0 Å². The molecule has 2 aromatic carbocycles. The summed E-state index contributed by atoms with van der Waals surface area (Å²) in [5.74, 6) is 0. The van der Waals surface area contributed by atoms with Crippen molar-refractivity contribution in [3.63, 3.8) is 0 Å². The molecule has 0 spiro atoms. The highest BCUT2D eigenvalue weighted by atomic mass is 16.3. The van der Waals surface area contributed by atoms with Crippen LogP contribution in [-0.2, 0) is 10.8 Å². The average Bonchev–Trinajstić information content (AvgIpc) is 2.66. The van der Waals surface area contributed by atoms with Gasteiger partial charge in [-0.15, -0.1) is 0 Å². The van der Waals surface area contributed by atoms with Gasteiger partial charge < -0.3 is 5.11 Å². The van der Waals surface area contributed by atoms with Gasteiger partial charge in [0.15, 0.2) is 0 Å². The van der Waals surface area contributed by atoms with Crippen molar-refractivity contribution in [1.29, 1.82) is 0 Å². The zero-order valence-electron chi connectivity index (χ0n) is 14.7. The highest BCUT2D eigenvalue weighted by Crippen LogP contribution is 2.49. The van der Waals surface area contributed by atoms with Gasteiger partial charge >= 0.3 is 0 Å². The molecule has 1 atom stereocenters. The first-order valence-electron chi connectivity index (χ1n) is 8.31. The van der Waals surface area contributed by atoms with E-state index in [-0.39, 0.29) is 16.9 Å². The Bertz CT molecular complexity index is 751. The maximum absolute atomic E-state index is 10.8. The van der Waals surface area contributed by atoms with Crippen molar-refractivity contribution < 1.29 is 5.11 Å². The Hall–Kier alpha value is -1.86. The topological polar surface area (TPSA) is 20.2 Å². The van der Waals surface area contributed by atoms with Crippen molar-refractivity contribution in [3.8, 4) is 0 Å². The Labute approximate surface area is 139 Å². The van der Waals surface area contributed by atoms with Gasteiger partial charge in [0.2, 0.25) is 0 Å². The van der Waals surface area contributed by atoms with Crippen LogP contribution < -0.4 is 0 Å². The quantitative estimate of drug-likeness (QED) is 0.758. The summed E-state index contributed by atoms with van der Waals surface area (Å²) in [5.41, 5.74) is 5.81. The number of rotatable bonds is 2. The highest BCUT2D eigenvalue weighted by Gasteiger charge is 2.50. The fraction of sp³-hybridized carbons (Fsp3) is 0.364. The van der Waals surface area contributed by atoms with E-state index in [1.807, 2.05) is 6.07 Å². The molecule has 0 radical (unpaired) electrons. The molecule has 0 heterocycles. The van der Waals surface area contributed by atoms with E-state index in [1.165, 1.54) is 27.8 Å². The second-order valence-electron chi connectivity index (χ2n) is 7.84. The first-order chi connectivity index (χ1) is 10.7. The van der Waals surface area contributed by atoms with Gasteiger partial charge in [0.1, 0.15) is 0 Å². The summed E-state index contributed by atoms with van der Waals surface area (Å²) in [6.07, 6.45) is 1.85. The van der Waals surface area contributed by atoms with Crippen LogP contribution in [0.1, 0.15) is 56.9 Å². The summed E-state index contributed by atoms with van der Waals surface area (Å²) in [5, 5.41) is 10.8. The van der Waals surface area contributed by atoms with E-state index < -0.39 is 0 Å². The van der Waals surface area contributed by atoms with Crippen molar-refractivity contribution in [2.45, 2.75) is 51.6 Å². The van der Waals surface area contributed by atoms with E-state index in [2.05, 4.69) is 83.2 Å². The molecule has 0 aliphatic heterocycles. The summed E-state index contributed by atoms with van der Waals surface area (Å²) in [4.78, 5) is 0. The predicted molar refractivity (Wildman–Crippen MR) is 98.5 cm³/mol. The fourth-order valence-corrected chi connectivity index (χ4v) is 3.96. The van der Waals surface area contributed by atoms with Crippen molar-refractivity contribution in [2.24, 2.45) is 0 Å². The third-order valence-corrected chi connectivity index (χ3v) is 5.41. The number of allylic oxidation sites excluding steroid dienone is 1. The molecular formula is C22H26O. The largest absolute Gasteiger partial charge is 0.391 e. The molecule has 0 amide bonds. The second kappa shape index (κ2) is 5.35. The summed E-state index contributed by atoms with van der Waals surface area (Å²) in [6, 6.07) is 17.0. The second-order valence-corrected chi connectivity index (χ2v) is 7.84. The van der Waals surface area contributed by atoms with Crippen LogP contribution in [0.5, 0.6) is 0 Å². The summed E-state index contributed by atoms with van der Waals surface area (Å²) in [6.45, 7) is 10.7. The molecule has 3 rings (SSSR count). The summed E-state index contributed by atoms with van der Waals surface area (Å²) in [7, 11) is 0. The first kappa shape index (κ1) is 16.0. The number of benzene rings is 2. The molecular weight excluding hydrogens is 280 g/mol. The van der Waals surface area contributed by atoms with Crippen LogP contribution in [0.15, 0.2) is 48.5 Å². The van der Waals surface area contributed by atoms with E-state index in [1.54, 1.807) is 0 Å². The number of aliphatic hydroxyl groups is 1. The normalized spacial score (nSPS) is 22.0. The van der Waals surface area contributed by atoms with Crippen molar-refractivity contribution >= 4 is 11.6 Å². The molecule has 2 aromatic rings. The van der Waals surface area contributed by atoms with Crippen LogP contribution in [0, 0.1) is 0 Å². The van der Waals surface area contributed by atoms with Crippen molar-refractivity contribution in [3.05, 3.63) is 70.8 Å². The Morgan fingerprint density at radius 2 is 1.52 bits per heavy atom. The van der Waals surface area contributed by atoms with Crippen LogP contribution in [0.3, 0.4) is 0 Å². The number of aliphatic hydroxyl groups excluding tert-OH is 1.